The van der Waals surface area contributed by atoms with Crippen LogP contribution in [0.25, 0.3) is 0 Å². The van der Waals surface area contributed by atoms with Crippen molar-refractivity contribution in [2.24, 2.45) is 11.8 Å². The van der Waals surface area contributed by atoms with Crippen molar-refractivity contribution < 1.29 is 14.7 Å². The van der Waals surface area contributed by atoms with E-state index < -0.39 is 12.0 Å². The summed E-state index contributed by atoms with van der Waals surface area (Å²) < 4.78 is 0. The number of carbonyl (C=O) groups is 2. The van der Waals surface area contributed by atoms with Crippen LogP contribution in [0.5, 0.6) is 0 Å². The normalized spacial score (nSPS) is 27.7. The Bertz CT molecular complexity index is 605. The second kappa shape index (κ2) is 5.50. The Morgan fingerprint density at radius 2 is 2.00 bits per heavy atom. The Morgan fingerprint density at radius 3 is 2.67 bits per heavy atom. The molecule has 112 valence electrons. The van der Waals surface area contributed by atoms with Gasteiger partial charge in [0.25, 0.3) is 5.91 Å². The van der Waals surface area contributed by atoms with E-state index in [0.29, 0.717) is 23.0 Å². The number of carboxylic acids is 1. The molecule has 0 radical (unpaired) electrons. The number of halogens is 2. The van der Waals surface area contributed by atoms with Gasteiger partial charge < -0.3 is 10.0 Å². The third-order valence-electron chi connectivity index (χ3n) is 4.57. The first kappa shape index (κ1) is 14.7. The summed E-state index contributed by atoms with van der Waals surface area (Å²) in [7, 11) is 0. The van der Waals surface area contributed by atoms with Gasteiger partial charge in [-0.3, -0.25) is 4.79 Å². The molecule has 4 nitrogen and oxygen atoms in total. The average Bonchev–Trinajstić information content (AvgIpc) is 2.96. The summed E-state index contributed by atoms with van der Waals surface area (Å²) in [5.74, 6) is -0.889. The van der Waals surface area contributed by atoms with E-state index in [1.807, 2.05) is 0 Å². The largest absolute Gasteiger partial charge is 0.480 e. The summed E-state index contributed by atoms with van der Waals surface area (Å²) in [6.07, 6.45) is 2.91. The molecule has 3 unspecified atom stereocenters. The first-order valence-corrected chi connectivity index (χ1v) is 7.73. The zero-order valence-corrected chi connectivity index (χ0v) is 12.8. The fraction of sp³-hybridized carbons (Fsp3) is 0.467. The standard InChI is InChI=1S/C15H15Cl2NO3/c16-9-4-5-11(12(17)6-9)14(19)18-7-8-2-1-3-10(8)13(18)15(20)21/h4-6,8,10,13H,1-3,7H2,(H,20,21). The van der Waals surface area contributed by atoms with Crippen molar-refractivity contribution in [3.63, 3.8) is 0 Å². The summed E-state index contributed by atoms with van der Waals surface area (Å²) in [4.78, 5) is 25.7. The van der Waals surface area contributed by atoms with E-state index in [2.05, 4.69) is 0 Å². The maximum atomic E-state index is 12.7. The molecular weight excluding hydrogens is 313 g/mol. The predicted octanol–water partition coefficient (Wildman–Crippen LogP) is 3.32. The molecule has 1 N–H and O–H groups in total. The SMILES string of the molecule is O=C(O)C1C2CCCC2CN1C(=O)c1ccc(Cl)cc1Cl. The average molecular weight is 328 g/mol. The second-order valence-corrected chi connectivity index (χ2v) is 6.56. The fourth-order valence-corrected chi connectivity index (χ4v) is 4.14. The quantitative estimate of drug-likeness (QED) is 0.906. The van der Waals surface area contributed by atoms with Gasteiger partial charge in [-0.15, -0.1) is 0 Å². The molecule has 1 aromatic carbocycles. The lowest BCUT2D eigenvalue weighted by Gasteiger charge is -2.24. The Balaban J connectivity index is 1.91. The molecule has 6 heteroatoms. The second-order valence-electron chi connectivity index (χ2n) is 5.72. The molecule has 1 aliphatic heterocycles. The van der Waals surface area contributed by atoms with Gasteiger partial charge in [-0.2, -0.15) is 0 Å². The lowest BCUT2D eigenvalue weighted by Crippen LogP contribution is -2.43. The van der Waals surface area contributed by atoms with E-state index in [9.17, 15) is 14.7 Å². The fourth-order valence-electron chi connectivity index (χ4n) is 3.65. The number of aliphatic carboxylic acids is 1. The highest BCUT2D eigenvalue weighted by Crippen LogP contribution is 2.43. The van der Waals surface area contributed by atoms with Crippen LogP contribution in [0.3, 0.4) is 0 Å². The van der Waals surface area contributed by atoms with E-state index in [-0.39, 0.29) is 16.8 Å². The number of likely N-dealkylation sites (tertiary alicyclic amines) is 1. The lowest BCUT2D eigenvalue weighted by molar-refractivity contribution is -0.142. The molecule has 1 amide bonds. The number of amides is 1. The number of rotatable bonds is 2. The van der Waals surface area contributed by atoms with Crippen molar-refractivity contribution in [2.75, 3.05) is 6.54 Å². The Hall–Kier alpha value is -1.26. The van der Waals surface area contributed by atoms with Crippen LogP contribution in [0.1, 0.15) is 29.6 Å². The summed E-state index contributed by atoms with van der Waals surface area (Å²) in [6, 6.07) is 3.91. The molecule has 1 saturated carbocycles. The molecule has 1 heterocycles. The van der Waals surface area contributed by atoms with Crippen LogP contribution in [0.2, 0.25) is 10.0 Å². The monoisotopic (exact) mass is 327 g/mol. The van der Waals surface area contributed by atoms with Crippen molar-refractivity contribution in [3.05, 3.63) is 33.8 Å². The van der Waals surface area contributed by atoms with Crippen molar-refractivity contribution in [1.82, 2.24) is 4.90 Å². The van der Waals surface area contributed by atoms with Crippen molar-refractivity contribution >= 4 is 35.1 Å². The van der Waals surface area contributed by atoms with E-state index in [1.165, 1.54) is 11.0 Å². The zero-order chi connectivity index (χ0) is 15.1. The summed E-state index contributed by atoms with van der Waals surface area (Å²) in [5.41, 5.74) is 0.312. The maximum absolute atomic E-state index is 12.7. The first-order chi connectivity index (χ1) is 9.99. The first-order valence-electron chi connectivity index (χ1n) is 6.98. The number of hydrogen-bond donors (Lipinski definition) is 1. The molecular formula is C15H15Cl2NO3. The van der Waals surface area contributed by atoms with Crippen LogP contribution in [0, 0.1) is 11.8 Å². The zero-order valence-electron chi connectivity index (χ0n) is 11.3. The number of nitrogens with zero attached hydrogens (tertiary/aromatic N) is 1. The topological polar surface area (TPSA) is 57.6 Å². The summed E-state index contributed by atoms with van der Waals surface area (Å²) in [5, 5.41) is 10.2. The number of hydrogen-bond acceptors (Lipinski definition) is 2. The lowest BCUT2D eigenvalue weighted by atomic mass is 9.94. The van der Waals surface area contributed by atoms with Crippen molar-refractivity contribution in [3.8, 4) is 0 Å². The molecule has 2 aliphatic rings. The minimum atomic E-state index is -0.928. The molecule has 1 aliphatic carbocycles. The van der Waals surface area contributed by atoms with E-state index in [1.54, 1.807) is 12.1 Å². The Morgan fingerprint density at radius 1 is 1.24 bits per heavy atom. The van der Waals surface area contributed by atoms with Crippen LogP contribution in [0.15, 0.2) is 18.2 Å². The van der Waals surface area contributed by atoms with Crippen molar-refractivity contribution in [2.45, 2.75) is 25.3 Å². The van der Waals surface area contributed by atoms with Crippen LogP contribution in [0.4, 0.5) is 0 Å². The van der Waals surface area contributed by atoms with Crippen LogP contribution < -0.4 is 0 Å². The van der Waals surface area contributed by atoms with Gasteiger partial charge in [0.05, 0.1) is 10.6 Å². The van der Waals surface area contributed by atoms with Gasteiger partial charge >= 0.3 is 5.97 Å². The van der Waals surface area contributed by atoms with Gasteiger partial charge in [0.15, 0.2) is 0 Å². The van der Waals surface area contributed by atoms with Gasteiger partial charge in [0.1, 0.15) is 6.04 Å². The molecule has 1 saturated heterocycles. The Labute approximate surface area is 132 Å². The highest BCUT2D eigenvalue weighted by atomic mass is 35.5. The van der Waals surface area contributed by atoms with Crippen LogP contribution in [-0.2, 0) is 4.79 Å². The van der Waals surface area contributed by atoms with Gasteiger partial charge in [-0.25, -0.2) is 4.79 Å². The molecule has 3 atom stereocenters. The van der Waals surface area contributed by atoms with Crippen molar-refractivity contribution in [1.29, 1.82) is 0 Å². The van der Waals surface area contributed by atoms with Crippen LogP contribution >= 0.6 is 23.2 Å². The van der Waals surface area contributed by atoms with E-state index >= 15 is 0 Å². The molecule has 3 rings (SSSR count). The minimum Gasteiger partial charge on any atom is -0.480 e. The maximum Gasteiger partial charge on any atom is 0.326 e. The number of fused-ring (bicyclic) bond motifs is 1. The molecule has 0 spiro atoms. The summed E-state index contributed by atoms with van der Waals surface area (Å²) >= 11 is 11.9. The molecule has 1 aromatic rings. The number of carbonyl (C=O) groups excluding carboxylic acids is 1. The molecule has 21 heavy (non-hydrogen) atoms. The molecule has 0 aromatic heterocycles. The smallest absolute Gasteiger partial charge is 0.326 e. The van der Waals surface area contributed by atoms with Gasteiger partial charge in [-0.1, -0.05) is 29.6 Å². The highest BCUT2D eigenvalue weighted by Gasteiger charge is 2.49. The molecule has 0 bridgehead atoms. The molecule has 2 fully saturated rings. The third kappa shape index (κ3) is 2.51. The summed E-state index contributed by atoms with van der Waals surface area (Å²) in [6.45, 7) is 0.499. The van der Waals surface area contributed by atoms with Gasteiger partial charge in [-0.05, 0) is 42.9 Å². The Kier molecular flexibility index (Phi) is 3.84. The van der Waals surface area contributed by atoms with Gasteiger partial charge in [0.2, 0.25) is 0 Å². The third-order valence-corrected chi connectivity index (χ3v) is 5.11. The number of benzene rings is 1. The van der Waals surface area contributed by atoms with E-state index in [0.717, 1.165) is 19.3 Å². The van der Waals surface area contributed by atoms with E-state index in [4.69, 9.17) is 23.2 Å². The predicted molar refractivity (Wildman–Crippen MR) is 79.8 cm³/mol. The minimum absolute atomic E-state index is 0.0672. The number of carboxylic acid groups (broad SMARTS) is 1. The highest BCUT2D eigenvalue weighted by molar-refractivity contribution is 6.36. The van der Waals surface area contributed by atoms with Gasteiger partial charge in [0, 0.05) is 11.6 Å². The van der Waals surface area contributed by atoms with Crippen LogP contribution in [-0.4, -0.2) is 34.5 Å².